The minimum atomic E-state index is 0.412. The first kappa shape index (κ1) is 22.1. The predicted octanol–water partition coefficient (Wildman–Crippen LogP) is 8.04. The summed E-state index contributed by atoms with van der Waals surface area (Å²) in [6.45, 7) is 4.32. The second kappa shape index (κ2) is 11.0. The molecule has 0 aliphatic heterocycles. The summed E-state index contributed by atoms with van der Waals surface area (Å²) in [5, 5.41) is 19.8. The second-order valence-electron chi connectivity index (χ2n) is 8.96. The van der Waals surface area contributed by atoms with E-state index >= 15 is 0 Å². The van der Waals surface area contributed by atoms with Gasteiger partial charge in [0.05, 0.1) is 11.1 Å². The molecule has 0 N–H and O–H groups in total. The highest BCUT2D eigenvalue weighted by atomic mass is 14.3. The summed E-state index contributed by atoms with van der Waals surface area (Å²) in [6.07, 6.45) is 12.9. The molecule has 3 rings (SSSR count). The van der Waals surface area contributed by atoms with Crippen LogP contribution < -0.4 is 0 Å². The Morgan fingerprint density at radius 1 is 0.800 bits per heavy atom. The topological polar surface area (TPSA) is 47.6 Å². The first-order valence-corrected chi connectivity index (χ1v) is 11.7. The van der Waals surface area contributed by atoms with Crippen LogP contribution in [0.2, 0.25) is 0 Å². The van der Waals surface area contributed by atoms with Gasteiger partial charge in [-0.05, 0) is 55.6 Å². The Balaban J connectivity index is 1.71. The van der Waals surface area contributed by atoms with Gasteiger partial charge in [0.25, 0.3) is 0 Å². The van der Waals surface area contributed by atoms with Gasteiger partial charge in [0, 0.05) is 5.56 Å². The number of nitrogens with zero attached hydrogens (tertiary/aromatic N) is 2. The van der Waals surface area contributed by atoms with Crippen molar-refractivity contribution in [1.82, 2.24) is 0 Å². The highest BCUT2D eigenvalue weighted by molar-refractivity contribution is 5.75. The molecular formula is C28H34N2. The standard InChI is InChI=1S/C28H34N2/c1-3-4-5-6-7-8-22-11-15-24(16-12-22)26-18-17-25(27(19-29)28(26)20-30)23-13-9-21(2)10-14-23/h9-10,13-14,17-18,22,24H,3-8,11-12,15-16H2,1-2H3/t22-,24-. The average Bonchev–Trinajstić information content (AvgIpc) is 2.79. The van der Waals surface area contributed by atoms with E-state index in [1.807, 2.05) is 12.1 Å². The minimum absolute atomic E-state index is 0.412. The van der Waals surface area contributed by atoms with Gasteiger partial charge in [-0.1, -0.05) is 87.4 Å². The van der Waals surface area contributed by atoms with Crippen molar-refractivity contribution in [2.45, 2.75) is 84.0 Å². The number of nitriles is 2. The fraction of sp³-hybridized carbons (Fsp3) is 0.500. The zero-order valence-electron chi connectivity index (χ0n) is 18.6. The Kier molecular flexibility index (Phi) is 8.10. The maximum Gasteiger partial charge on any atom is 0.101 e. The molecule has 0 spiro atoms. The third kappa shape index (κ3) is 5.31. The van der Waals surface area contributed by atoms with Gasteiger partial charge >= 0.3 is 0 Å². The fourth-order valence-electron chi connectivity index (χ4n) is 4.97. The SMILES string of the molecule is CCCCCCC[C@H]1CC[C@H](c2ccc(-c3ccc(C)cc3)c(C#N)c2C#N)CC1. The third-order valence-corrected chi connectivity index (χ3v) is 6.83. The van der Waals surface area contributed by atoms with Crippen molar-refractivity contribution in [2.75, 3.05) is 0 Å². The van der Waals surface area contributed by atoms with E-state index < -0.39 is 0 Å². The van der Waals surface area contributed by atoms with E-state index in [9.17, 15) is 10.5 Å². The summed E-state index contributed by atoms with van der Waals surface area (Å²) < 4.78 is 0. The van der Waals surface area contributed by atoms with Crippen molar-refractivity contribution >= 4 is 0 Å². The molecule has 30 heavy (non-hydrogen) atoms. The van der Waals surface area contributed by atoms with Gasteiger partial charge in [0.2, 0.25) is 0 Å². The van der Waals surface area contributed by atoms with Crippen LogP contribution in [0.15, 0.2) is 36.4 Å². The van der Waals surface area contributed by atoms with Crippen molar-refractivity contribution in [2.24, 2.45) is 5.92 Å². The van der Waals surface area contributed by atoms with Gasteiger partial charge in [-0.15, -0.1) is 0 Å². The lowest BCUT2D eigenvalue weighted by Gasteiger charge is -2.29. The number of benzene rings is 2. The molecule has 1 aliphatic carbocycles. The quantitative estimate of drug-likeness (QED) is 0.422. The van der Waals surface area contributed by atoms with Crippen LogP contribution in [0.4, 0.5) is 0 Å². The van der Waals surface area contributed by atoms with Crippen LogP contribution in [0.5, 0.6) is 0 Å². The molecule has 0 radical (unpaired) electrons. The molecule has 2 aromatic rings. The van der Waals surface area contributed by atoms with Crippen LogP contribution in [-0.4, -0.2) is 0 Å². The highest BCUT2D eigenvalue weighted by Gasteiger charge is 2.26. The van der Waals surface area contributed by atoms with Crippen LogP contribution in [0.1, 0.15) is 99.3 Å². The van der Waals surface area contributed by atoms with Crippen molar-refractivity contribution in [3.8, 4) is 23.3 Å². The first-order chi connectivity index (χ1) is 14.7. The molecule has 0 saturated heterocycles. The van der Waals surface area contributed by atoms with Crippen molar-refractivity contribution in [3.05, 3.63) is 58.7 Å². The molecule has 1 saturated carbocycles. The number of hydrogen-bond acceptors (Lipinski definition) is 2. The van der Waals surface area contributed by atoms with E-state index in [-0.39, 0.29) is 0 Å². The zero-order valence-corrected chi connectivity index (χ0v) is 18.6. The fourth-order valence-corrected chi connectivity index (χ4v) is 4.97. The molecule has 2 heteroatoms. The normalized spacial score (nSPS) is 18.5. The summed E-state index contributed by atoms with van der Waals surface area (Å²) in [5.41, 5.74) is 5.30. The Morgan fingerprint density at radius 3 is 2.10 bits per heavy atom. The van der Waals surface area contributed by atoms with Gasteiger partial charge in [-0.3, -0.25) is 0 Å². The van der Waals surface area contributed by atoms with Crippen LogP contribution in [-0.2, 0) is 0 Å². The smallest absolute Gasteiger partial charge is 0.101 e. The molecule has 0 bridgehead atoms. The van der Waals surface area contributed by atoms with Crippen LogP contribution in [0.25, 0.3) is 11.1 Å². The molecule has 1 aliphatic rings. The Labute approximate surface area is 182 Å². The Bertz CT molecular complexity index is 903. The largest absolute Gasteiger partial charge is 0.192 e. The van der Waals surface area contributed by atoms with E-state index in [0.717, 1.165) is 35.4 Å². The molecule has 2 nitrogen and oxygen atoms in total. The van der Waals surface area contributed by atoms with E-state index in [0.29, 0.717) is 17.0 Å². The van der Waals surface area contributed by atoms with E-state index in [1.165, 1.54) is 56.9 Å². The van der Waals surface area contributed by atoms with Crippen molar-refractivity contribution < 1.29 is 0 Å². The molecule has 1 fully saturated rings. The van der Waals surface area contributed by atoms with Gasteiger partial charge in [0.1, 0.15) is 12.1 Å². The monoisotopic (exact) mass is 398 g/mol. The molecule has 2 aromatic carbocycles. The summed E-state index contributed by atoms with van der Waals surface area (Å²) in [7, 11) is 0. The van der Waals surface area contributed by atoms with E-state index in [4.69, 9.17) is 0 Å². The molecule has 0 aromatic heterocycles. The number of rotatable bonds is 8. The Morgan fingerprint density at radius 2 is 1.47 bits per heavy atom. The maximum absolute atomic E-state index is 9.91. The summed E-state index contributed by atoms with van der Waals surface area (Å²) in [5.74, 6) is 1.26. The van der Waals surface area contributed by atoms with Crippen LogP contribution in [0, 0.1) is 35.5 Å². The summed E-state index contributed by atoms with van der Waals surface area (Å²) in [6, 6.07) is 17.1. The summed E-state index contributed by atoms with van der Waals surface area (Å²) in [4.78, 5) is 0. The van der Waals surface area contributed by atoms with Gasteiger partial charge in [-0.25, -0.2) is 0 Å². The molecule has 0 amide bonds. The molecule has 0 heterocycles. The van der Waals surface area contributed by atoms with Crippen molar-refractivity contribution in [3.63, 3.8) is 0 Å². The molecule has 0 atom stereocenters. The Hall–Kier alpha value is -2.58. The minimum Gasteiger partial charge on any atom is -0.192 e. The first-order valence-electron chi connectivity index (χ1n) is 11.7. The lowest BCUT2D eigenvalue weighted by atomic mass is 9.75. The molecule has 0 unspecified atom stereocenters. The molecule has 156 valence electrons. The number of aryl methyl sites for hydroxylation is 1. The van der Waals surface area contributed by atoms with Gasteiger partial charge in [-0.2, -0.15) is 10.5 Å². The van der Waals surface area contributed by atoms with Gasteiger partial charge < -0.3 is 0 Å². The van der Waals surface area contributed by atoms with E-state index in [2.05, 4.69) is 50.3 Å². The highest BCUT2D eigenvalue weighted by Crippen LogP contribution is 2.41. The van der Waals surface area contributed by atoms with Crippen molar-refractivity contribution in [1.29, 1.82) is 10.5 Å². The average molecular weight is 399 g/mol. The van der Waals surface area contributed by atoms with Crippen LogP contribution in [0.3, 0.4) is 0 Å². The van der Waals surface area contributed by atoms with E-state index in [1.54, 1.807) is 0 Å². The van der Waals surface area contributed by atoms with Crippen LogP contribution >= 0.6 is 0 Å². The lowest BCUT2D eigenvalue weighted by molar-refractivity contribution is 0.301. The number of unbranched alkanes of at least 4 members (excludes halogenated alkanes) is 4. The maximum atomic E-state index is 9.91. The number of hydrogen-bond donors (Lipinski definition) is 0. The lowest BCUT2D eigenvalue weighted by Crippen LogP contribution is -2.15. The van der Waals surface area contributed by atoms with Gasteiger partial charge in [0.15, 0.2) is 0 Å². The predicted molar refractivity (Wildman–Crippen MR) is 124 cm³/mol. The summed E-state index contributed by atoms with van der Waals surface area (Å²) >= 11 is 0. The third-order valence-electron chi connectivity index (χ3n) is 6.83. The zero-order chi connectivity index (χ0) is 21.3. The second-order valence-corrected chi connectivity index (χ2v) is 8.96. The molecular weight excluding hydrogens is 364 g/mol.